The van der Waals surface area contributed by atoms with E-state index < -0.39 is 0 Å². The summed E-state index contributed by atoms with van der Waals surface area (Å²) in [4.78, 5) is 14.2. The monoisotopic (exact) mass is 414 g/mol. The first-order valence-corrected chi connectivity index (χ1v) is 10.6. The molecule has 5 aromatic heterocycles. The molecule has 6 aromatic rings. The molecule has 6 nitrogen and oxygen atoms in total. The van der Waals surface area contributed by atoms with E-state index in [0.29, 0.717) is 0 Å². The molecule has 0 saturated heterocycles. The van der Waals surface area contributed by atoms with Gasteiger partial charge in [0.1, 0.15) is 11.3 Å². The maximum Gasteiger partial charge on any atom is 0.149 e. The lowest BCUT2D eigenvalue weighted by Crippen LogP contribution is -2.11. The zero-order valence-corrected chi connectivity index (χ0v) is 17.1. The highest BCUT2D eigenvalue weighted by atomic mass is 15.1. The molecule has 1 aliphatic rings. The molecule has 6 heteroatoms. The Morgan fingerprint density at radius 1 is 0.781 bits per heavy atom. The number of nitrogens with one attached hydrogen (secondary N) is 1. The molecule has 152 valence electrons. The zero-order valence-electron chi connectivity index (χ0n) is 17.1. The van der Waals surface area contributed by atoms with Crippen LogP contribution in [0, 0.1) is 0 Å². The van der Waals surface area contributed by atoms with Gasteiger partial charge in [0.25, 0.3) is 0 Å². The first-order chi connectivity index (χ1) is 15.9. The Morgan fingerprint density at radius 2 is 1.62 bits per heavy atom. The van der Waals surface area contributed by atoms with E-state index in [2.05, 4.69) is 68.0 Å². The summed E-state index contributed by atoms with van der Waals surface area (Å²) in [7, 11) is 0. The molecular formula is C26H18N6. The lowest BCUT2D eigenvalue weighted by Gasteiger charge is -2.12. The Hall–Kier alpha value is -4.45. The van der Waals surface area contributed by atoms with E-state index in [4.69, 9.17) is 9.97 Å². The van der Waals surface area contributed by atoms with Crippen molar-refractivity contribution in [3.63, 3.8) is 0 Å². The third kappa shape index (κ3) is 2.32. The number of aromatic nitrogens is 5. The summed E-state index contributed by atoms with van der Waals surface area (Å²) in [5.41, 5.74) is 7.11. The quantitative estimate of drug-likeness (QED) is 0.432. The van der Waals surface area contributed by atoms with E-state index in [0.717, 1.165) is 56.5 Å². The molecule has 1 N–H and O–H groups in total. The number of fused-ring (bicyclic) bond motifs is 6. The number of benzene rings is 1. The van der Waals surface area contributed by atoms with E-state index >= 15 is 0 Å². The lowest BCUT2D eigenvalue weighted by molar-refractivity contribution is 0.961. The van der Waals surface area contributed by atoms with Gasteiger partial charge >= 0.3 is 0 Å². The van der Waals surface area contributed by atoms with Crippen LogP contribution in [0.1, 0.15) is 0 Å². The number of hydrogen-bond donors (Lipinski definition) is 1. The Balaban J connectivity index is 1.69. The predicted octanol–water partition coefficient (Wildman–Crippen LogP) is 5.03. The highest BCUT2D eigenvalue weighted by Crippen LogP contribution is 2.37. The average Bonchev–Trinajstić information content (AvgIpc) is 3.36. The van der Waals surface area contributed by atoms with Crippen LogP contribution in [0.15, 0.2) is 91.5 Å². The van der Waals surface area contributed by atoms with Gasteiger partial charge in [-0.3, -0.25) is 19.1 Å². The SMILES string of the molecule is C1=CC(n2c3cccnc3c3cc4c5ccccc5n(-c5ccncc5)c4nc32)=CCN1. The fourth-order valence-corrected chi connectivity index (χ4v) is 4.74. The second-order valence-corrected chi connectivity index (χ2v) is 7.87. The first kappa shape index (κ1) is 17.3. The van der Waals surface area contributed by atoms with Gasteiger partial charge in [-0.1, -0.05) is 18.2 Å². The predicted molar refractivity (Wildman–Crippen MR) is 129 cm³/mol. The molecule has 0 spiro atoms. The molecule has 0 aliphatic carbocycles. The van der Waals surface area contributed by atoms with Crippen LogP contribution in [0.4, 0.5) is 0 Å². The minimum absolute atomic E-state index is 0.785. The molecule has 0 bridgehead atoms. The van der Waals surface area contributed by atoms with Gasteiger partial charge in [-0.15, -0.1) is 0 Å². The Bertz CT molecular complexity index is 1720. The van der Waals surface area contributed by atoms with Gasteiger partial charge in [0.2, 0.25) is 0 Å². The van der Waals surface area contributed by atoms with Gasteiger partial charge in [-0.05, 0) is 54.8 Å². The van der Waals surface area contributed by atoms with Crippen molar-refractivity contribution in [3.8, 4) is 5.69 Å². The van der Waals surface area contributed by atoms with Crippen LogP contribution in [-0.2, 0) is 0 Å². The molecule has 0 amide bonds. The Morgan fingerprint density at radius 3 is 2.50 bits per heavy atom. The number of allylic oxidation sites excluding steroid dienone is 2. The molecule has 6 heterocycles. The van der Waals surface area contributed by atoms with Gasteiger partial charge < -0.3 is 5.32 Å². The van der Waals surface area contributed by atoms with Crippen LogP contribution >= 0.6 is 0 Å². The maximum atomic E-state index is 5.27. The Labute approximate surface area is 183 Å². The maximum absolute atomic E-state index is 5.27. The van der Waals surface area contributed by atoms with Gasteiger partial charge in [-0.25, -0.2) is 4.98 Å². The molecule has 0 unspecified atom stereocenters. The minimum atomic E-state index is 0.785. The van der Waals surface area contributed by atoms with Crippen molar-refractivity contribution in [1.29, 1.82) is 0 Å². The third-order valence-electron chi connectivity index (χ3n) is 6.10. The standard InChI is InChI=1S/C26H18N6/c1-2-5-22-19(4-1)20-16-21-24-23(6-3-11-29-24)32(18-9-14-28-15-10-18)26(21)30-25(20)31(22)17-7-12-27-13-8-17/h1-14,16,28H,15H2. The van der Waals surface area contributed by atoms with Crippen molar-refractivity contribution < 1.29 is 0 Å². The van der Waals surface area contributed by atoms with Crippen molar-refractivity contribution in [2.45, 2.75) is 0 Å². The van der Waals surface area contributed by atoms with Gasteiger partial charge in [-0.2, -0.15) is 0 Å². The van der Waals surface area contributed by atoms with Crippen molar-refractivity contribution in [2.24, 2.45) is 0 Å². The smallest absolute Gasteiger partial charge is 0.149 e. The molecule has 1 aromatic carbocycles. The first-order valence-electron chi connectivity index (χ1n) is 10.6. The van der Waals surface area contributed by atoms with Crippen LogP contribution in [-0.4, -0.2) is 30.6 Å². The summed E-state index contributed by atoms with van der Waals surface area (Å²) in [5.74, 6) is 0. The van der Waals surface area contributed by atoms with Crippen LogP contribution in [0.5, 0.6) is 0 Å². The van der Waals surface area contributed by atoms with Crippen molar-refractivity contribution in [3.05, 3.63) is 91.5 Å². The highest BCUT2D eigenvalue weighted by Gasteiger charge is 2.20. The molecule has 1 aliphatic heterocycles. The molecule has 0 radical (unpaired) electrons. The molecule has 32 heavy (non-hydrogen) atoms. The summed E-state index contributed by atoms with van der Waals surface area (Å²) >= 11 is 0. The van der Waals surface area contributed by atoms with E-state index in [1.165, 1.54) is 5.39 Å². The molecular weight excluding hydrogens is 396 g/mol. The molecule has 0 fully saturated rings. The third-order valence-corrected chi connectivity index (χ3v) is 6.10. The van der Waals surface area contributed by atoms with E-state index in [1.807, 2.05) is 43.0 Å². The summed E-state index contributed by atoms with van der Waals surface area (Å²) < 4.78 is 4.43. The van der Waals surface area contributed by atoms with E-state index in [9.17, 15) is 0 Å². The largest absolute Gasteiger partial charge is 0.387 e. The van der Waals surface area contributed by atoms with Gasteiger partial charge in [0, 0.05) is 47.0 Å². The molecule has 0 saturated carbocycles. The number of nitrogens with zero attached hydrogens (tertiary/aromatic N) is 5. The summed E-state index contributed by atoms with van der Waals surface area (Å²) in [5, 5.41) is 6.58. The highest BCUT2D eigenvalue weighted by molar-refractivity contribution is 6.16. The van der Waals surface area contributed by atoms with Gasteiger partial charge in [0.05, 0.1) is 22.2 Å². The number of pyridine rings is 3. The average molecular weight is 414 g/mol. The second-order valence-electron chi connectivity index (χ2n) is 7.87. The molecule has 7 rings (SSSR count). The van der Waals surface area contributed by atoms with E-state index in [-0.39, 0.29) is 0 Å². The van der Waals surface area contributed by atoms with Crippen molar-refractivity contribution >= 4 is 49.7 Å². The summed E-state index contributed by atoms with van der Waals surface area (Å²) in [6.07, 6.45) is 11.7. The fourth-order valence-electron chi connectivity index (χ4n) is 4.74. The van der Waals surface area contributed by atoms with Crippen molar-refractivity contribution in [1.82, 2.24) is 29.4 Å². The lowest BCUT2D eigenvalue weighted by atomic mass is 10.1. The number of dihydropyridines is 1. The number of rotatable bonds is 2. The Kier molecular flexibility index (Phi) is 3.52. The second kappa shape index (κ2) is 6.52. The van der Waals surface area contributed by atoms with E-state index in [1.54, 1.807) is 0 Å². The van der Waals surface area contributed by atoms with Crippen molar-refractivity contribution in [2.75, 3.05) is 6.54 Å². The van der Waals surface area contributed by atoms with Gasteiger partial charge in [0.15, 0.2) is 0 Å². The number of hydrogen-bond acceptors (Lipinski definition) is 4. The number of para-hydroxylation sites is 1. The fraction of sp³-hybridized carbons (Fsp3) is 0.0385. The summed E-state index contributed by atoms with van der Waals surface area (Å²) in [6, 6.07) is 18.8. The van der Waals surface area contributed by atoms with Crippen LogP contribution in [0.2, 0.25) is 0 Å². The zero-order chi connectivity index (χ0) is 21.1. The van der Waals surface area contributed by atoms with Crippen LogP contribution < -0.4 is 5.32 Å². The topological polar surface area (TPSA) is 60.6 Å². The summed E-state index contributed by atoms with van der Waals surface area (Å²) in [6.45, 7) is 0.785. The van der Waals surface area contributed by atoms with Crippen LogP contribution in [0.25, 0.3) is 55.4 Å². The molecule has 0 atom stereocenters. The minimum Gasteiger partial charge on any atom is -0.387 e. The van der Waals surface area contributed by atoms with Crippen LogP contribution in [0.3, 0.4) is 0 Å². The normalized spacial score (nSPS) is 13.8.